The van der Waals surface area contributed by atoms with Gasteiger partial charge in [-0.15, -0.1) is 0 Å². The zero-order valence-electron chi connectivity index (χ0n) is 18.4. The molecule has 164 valence electrons. The highest BCUT2D eigenvalue weighted by atomic mass is 16.5. The van der Waals surface area contributed by atoms with Crippen molar-refractivity contribution in [3.63, 3.8) is 0 Å². The second-order valence-electron chi connectivity index (χ2n) is 7.17. The van der Waals surface area contributed by atoms with Crippen molar-refractivity contribution in [2.45, 2.75) is 33.2 Å². The van der Waals surface area contributed by atoms with Gasteiger partial charge in [-0.3, -0.25) is 0 Å². The van der Waals surface area contributed by atoms with E-state index in [1.54, 1.807) is 14.2 Å². The molecule has 1 aliphatic heterocycles. The molecule has 1 saturated heterocycles. The summed E-state index contributed by atoms with van der Waals surface area (Å²) in [7, 11) is 3.37. The number of nitrogens with one attached hydrogen (secondary N) is 1. The maximum absolute atomic E-state index is 5.74. The van der Waals surface area contributed by atoms with E-state index < -0.39 is 0 Å². The molecule has 0 radical (unpaired) electrons. The number of guanidine groups is 1. The molecular weight excluding hydrogens is 370 g/mol. The average Bonchev–Trinajstić information content (AvgIpc) is 3.21. The number of aliphatic imine (C=N–C) groups is 1. The Morgan fingerprint density at radius 3 is 2.76 bits per heavy atom. The highest BCUT2D eigenvalue weighted by molar-refractivity contribution is 5.80. The summed E-state index contributed by atoms with van der Waals surface area (Å²) >= 11 is 0. The van der Waals surface area contributed by atoms with Gasteiger partial charge in [-0.2, -0.15) is 0 Å². The number of methoxy groups -OCH3 is 2. The number of benzene rings is 1. The first-order valence-electron chi connectivity index (χ1n) is 10.6. The molecule has 0 saturated carbocycles. The van der Waals surface area contributed by atoms with Gasteiger partial charge in [0.1, 0.15) is 0 Å². The molecule has 1 fully saturated rings. The lowest BCUT2D eigenvalue weighted by atomic mass is 10.1. The third-order valence-electron chi connectivity index (χ3n) is 4.81. The van der Waals surface area contributed by atoms with E-state index in [1.165, 1.54) is 0 Å². The Morgan fingerprint density at radius 2 is 2.03 bits per heavy atom. The summed E-state index contributed by atoms with van der Waals surface area (Å²) < 4.78 is 22.0. The summed E-state index contributed by atoms with van der Waals surface area (Å²) in [6.07, 6.45) is 2.09. The van der Waals surface area contributed by atoms with E-state index in [0.29, 0.717) is 32.3 Å². The van der Waals surface area contributed by atoms with E-state index in [1.807, 2.05) is 12.1 Å². The molecule has 1 N–H and O–H groups in total. The van der Waals surface area contributed by atoms with Crippen molar-refractivity contribution in [1.82, 2.24) is 10.2 Å². The van der Waals surface area contributed by atoms with Crippen LogP contribution in [0.2, 0.25) is 0 Å². The number of likely N-dealkylation sites (tertiary alicyclic amines) is 1. The summed E-state index contributed by atoms with van der Waals surface area (Å²) in [6.45, 7) is 10.3. The molecule has 1 unspecified atom stereocenters. The second kappa shape index (κ2) is 13.3. The Balaban J connectivity index is 1.95. The first-order chi connectivity index (χ1) is 14.2. The third-order valence-corrected chi connectivity index (χ3v) is 4.81. The van der Waals surface area contributed by atoms with Gasteiger partial charge in [-0.25, -0.2) is 4.99 Å². The molecule has 0 spiro atoms. The summed E-state index contributed by atoms with van der Waals surface area (Å²) in [5.41, 5.74) is 1.10. The molecule has 0 amide bonds. The number of ether oxygens (including phenoxy) is 4. The predicted molar refractivity (Wildman–Crippen MR) is 116 cm³/mol. The number of hydrogen-bond donors (Lipinski definition) is 1. The predicted octanol–water partition coefficient (Wildman–Crippen LogP) is 2.93. The molecule has 1 aromatic carbocycles. The van der Waals surface area contributed by atoms with Crippen molar-refractivity contribution in [1.29, 1.82) is 0 Å². The first-order valence-corrected chi connectivity index (χ1v) is 10.6. The van der Waals surface area contributed by atoms with Crippen LogP contribution in [0.1, 0.15) is 32.3 Å². The maximum Gasteiger partial charge on any atom is 0.194 e. The van der Waals surface area contributed by atoms with Crippen molar-refractivity contribution in [2.75, 3.05) is 60.3 Å². The van der Waals surface area contributed by atoms with Gasteiger partial charge >= 0.3 is 0 Å². The van der Waals surface area contributed by atoms with Gasteiger partial charge in [0.05, 0.1) is 40.1 Å². The molecule has 1 heterocycles. The minimum atomic E-state index is 0.533. The van der Waals surface area contributed by atoms with Crippen LogP contribution in [0.25, 0.3) is 0 Å². The Hall–Kier alpha value is -1.99. The van der Waals surface area contributed by atoms with Crippen molar-refractivity contribution in [2.24, 2.45) is 10.9 Å². The van der Waals surface area contributed by atoms with Crippen LogP contribution in [0.15, 0.2) is 23.2 Å². The van der Waals surface area contributed by atoms with Gasteiger partial charge in [0.25, 0.3) is 0 Å². The van der Waals surface area contributed by atoms with Crippen molar-refractivity contribution >= 4 is 5.96 Å². The maximum atomic E-state index is 5.74. The first kappa shape index (κ1) is 23.3. The highest BCUT2D eigenvalue weighted by Gasteiger charge is 2.25. The molecule has 7 heteroatoms. The quantitative estimate of drug-likeness (QED) is 0.327. The number of nitrogens with zero attached hydrogens (tertiary/aromatic N) is 2. The van der Waals surface area contributed by atoms with Crippen molar-refractivity contribution in [3.8, 4) is 11.5 Å². The van der Waals surface area contributed by atoms with Crippen molar-refractivity contribution < 1.29 is 18.9 Å². The van der Waals surface area contributed by atoms with Crippen LogP contribution in [0, 0.1) is 5.92 Å². The lowest BCUT2D eigenvalue weighted by Crippen LogP contribution is -2.40. The molecule has 1 aliphatic rings. The van der Waals surface area contributed by atoms with Crippen LogP contribution in [0.4, 0.5) is 0 Å². The molecule has 1 aromatic rings. The molecule has 1 atom stereocenters. The molecule has 2 rings (SSSR count). The second-order valence-corrected chi connectivity index (χ2v) is 7.17. The highest BCUT2D eigenvalue weighted by Crippen LogP contribution is 2.28. The Kier molecular flexibility index (Phi) is 10.7. The fraction of sp³-hybridized carbons (Fsp3) is 0.682. The van der Waals surface area contributed by atoms with Crippen LogP contribution in [0.3, 0.4) is 0 Å². The summed E-state index contributed by atoms with van der Waals surface area (Å²) in [5.74, 6) is 3.03. The molecule has 0 aliphatic carbocycles. The van der Waals surface area contributed by atoms with Gasteiger partial charge in [0, 0.05) is 32.7 Å². The molecule has 0 bridgehead atoms. The van der Waals surface area contributed by atoms with Gasteiger partial charge in [-0.05, 0) is 37.5 Å². The fourth-order valence-corrected chi connectivity index (χ4v) is 3.29. The minimum Gasteiger partial charge on any atom is -0.493 e. The van der Waals surface area contributed by atoms with Crippen LogP contribution in [-0.2, 0) is 16.0 Å². The van der Waals surface area contributed by atoms with E-state index >= 15 is 0 Å². The fourth-order valence-electron chi connectivity index (χ4n) is 3.29. The monoisotopic (exact) mass is 407 g/mol. The Bertz CT molecular complexity index is 624. The lowest BCUT2D eigenvalue weighted by molar-refractivity contribution is 0.0536. The van der Waals surface area contributed by atoms with Gasteiger partial charge in [0.15, 0.2) is 17.5 Å². The van der Waals surface area contributed by atoms with Crippen molar-refractivity contribution in [3.05, 3.63) is 23.8 Å². The van der Waals surface area contributed by atoms with E-state index in [0.717, 1.165) is 62.1 Å². The Labute approximate surface area is 175 Å². The van der Waals surface area contributed by atoms with E-state index in [9.17, 15) is 0 Å². The normalized spacial score (nSPS) is 16.9. The molecule has 7 nitrogen and oxygen atoms in total. The topological polar surface area (TPSA) is 64.6 Å². The van der Waals surface area contributed by atoms with Gasteiger partial charge in [0.2, 0.25) is 0 Å². The summed E-state index contributed by atoms with van der Waals surface area (Å²) in [4.78, 5) is 7.17. The van der Waals surface area contributed by atoms with E-state index in [-0.39, 0.29) is 0 Å². The molecule has 0 aromatic heterocycles. The smallest absolute Gasteiger partial charge is 0.194 e. The van der Waals surface area contributed by atoms with Gasteiger partial charge < -0.3 is 29.2 Å². The summed E-state index contributed by atoms with van der Waals surface area (Å²) in [6, 6.07) is 6.03. The van der Waals surface area contributed by atoms with E-state index in [2.05, 4.69) is 30.1 Å². The number of rotatable bonds is 12. The SMILES string of the molecule is CCCOc1ccc(CN=C(NCC)N2CCC(COCCOC)C2)cc1OC. The third kappa shape index (κ3) is 7.74. The lowest BCUT2D eigenvalue weighted by Gasteiger charge is -2.22. The van der Waals surface area contributed by atoms with Crippen LogP contribution in [0.5, 0.6) is 11.5 Å². The van der Waals surface area contributed by atoms with Crippen LogP contribution >= 0.6 is 0 Å². The minimum absolute atomic E-state index is 0.533. The zero-order valence-corrected chi connectivity index (χ0v) is 18.4. The largest absolute Gasteiger partial charge is 0.493 e. The van der Waals surface area contributed by atoms with E-state index in [4.69, 9.17) is 23.9 Å². The number of hydrogen-bond acceptors (Lipinski definition) is 5. The Morgan fingerprint density at radius 1 is 1.17 bits per heavy atom. The average molecular weight is 408 g/mol. The standard InChI is InChI=1S/C22H37N3O4/c1-5-11-29-20-8-7-18(14-21(20)27-4)15-24-22(23-6-2)25-10-9-19(16-25)17-28-13-12-26-3/h7-8,14,19H,5-6,9-13,15-17H2,1-4H3,(H,23,24). The summed E-state index contributed by atoms with van der Waals surface area (Å²) in [5, 5.41) is 3.42. The van der Waals surface area contributed by atoms with Crippen LogP contribution < -0.4 is 14.8 Å². The van der Waals surface area contributed by atoms with Crippen LogP contribution in [-0.4, -0.2) is 71.1 Å². The zero-order chi connectivity index (χ0) is 20.9. The molecule has 29 heavy (non-hydrogen) atoms. The molecular formula is C22H37N3O4. The van der Waals surface area contributed by atoms with Gasteiger partial charge in [-0.1, -0.05) is 13.0 Å².